The van der Waals surface area contributed by atoms with Gasteiger partial charge < -0.3 is 9.30 Å². The fourth-order valence-corrected chi connectivity index (χ4v) is 3.32. The Morgan fingerprint density at radius 3 is 3.07 bits per heavy atom. The molecule has 82 valence electrons. The number of fused-ring (bicyclic) bond motifs is 1. The molecule has 3 nitrogen and oxygen atoms in total. The summed E-state index contributed by atoms with van der Waals surface area (Å²) >= 11 is 1.64. The van der Waals surface area contributed by atoms with E-state index in [9.17, 15) is 0 Å². The van der Waals surface area contributed by atoms with Gasteiger partial charge in [-0.1, -0.05) is 6.42 Å². The van der Waals surface area contributed by atoms with Crippen molar-refractivity contribution in [2.24, 2.45) is 5.92 Å². The second kappa shape index (κ2) is 3.76. The molecule has 0 unspecified atom stereocenters. The topological polar surface area (TPSA) is 38.0 Å². The fourth-order valence-electron chi connectivity index (χ4n) is 2.32. The molecule has 0 spiro atoms. The second-order valence-electron chi connectivity index (χ2n) is 4.49. The predicted octanol–water partition coefficient (Wildman–Crippen LogP) is 1.90. The first-order valence-electron chi connectivity index (χ1n) is 5.68. The van der Waals surface area contributed by atoms with Gasteiger partial charge in [0.2, 0.25) is 0 Å². The van der Waals surface area contributed by atoms with Crippen molar-refractivity contribution < 1.29 is 4.74 Å². The first-order chi connectivity index (χ1) is 7.34. The Bertz CT molecular complexity index is 417. The maximum atomic E-state index is 7.99. The number of thiazole rings is 1. The third kappa shape index (κ3) is 1.66. The molecule has 1 fully saturated rings. The lowest BCUT2D eigenvalue weighted by Crippen LogP contribution is -2.26. The number of nitrogens with zero attached hydrogens (tertiary/aromatic N) is 1. The number of ether oxygens (including phenoxy) is 1. The van der Waals surface area contributed by atoms with E-state index in [4.69, 9.17) is 10.1 Å². The van der Waals surface area contributed by atoms with E-state index >= 15 is 0 Å². The Morgan fingerprint density at radius 1 is 1.47 bits per heavy atom. The van der Waals surface area contributed by atoms with Gasteiger partial charge in [-0.2, -0.15) is 0 Å². The minimum absolute atomic E-state index is 0.720. The molecule has 4 heteroatoms. The SMILES string of the molecule is N=c1sc2c(n1CC1CCC1)COCC2. The monoisotopic (exact) mass is 224 g/mol. The largest absolute Gasteiger partial charge is 0.375 e. The molecule has 1 aromatic rings. The summed E-state index contributed by atoms with van der Waals surface area (Å²) in [6, 6.07) is 0. The van der Waals surface area contributed by atoms with E-state index in [1.165, 1.54) is 29.8 Å². The molecule has 0 amide bonds. The molecule has 0 atom stereocenters. The smallest absolute Gasteiger partial charge is 0.182 e. The van der Waals surface area contributed by atoms with E-state index in [2.05, 4.69) is 4.57 Å². The zero-order valence-corrected chi connectivity index (χ0v) is 9.61. The molecule has 1 saturated carbocycles. The van der Waals surface area contributed by atoms with Gasteiger partial charge in [0, 0.05) is 17.8 Å². The van der Waals surface area contributed by atoms with Crippen LogP contribution in [-0.2, 0) is 24.3 Å². The highest BCUT2D eigenvalue weighted by Crippen LogP contribution is 2.29. The molecule has 2 heterocycles. The van der Waals surface area contributed by atoms with Crippen LogP contribution in [0.2, 0.25) is 0 Å². The highest BCUT2D eigenvalue weighted by Gasteiger charge is 2.22. The second-order valence-corrected chi connectivity index (χ2v) is 5.57. The third-order valence-electron chi connectivity index (χ3n) is 3.49. The normalized spacial score (nSPS) is 21.1. The van der Waals surface area contributed by atoms with Gasteiger partial charge in [0.05, 0.1) is 18.9 Å². The highest BCUT2D eigenvalue weighted by molar-refractivity contribution is 7.09. The summed E-state index contributed by atoms with van der Waals surface area (Å²) in [6.07, 6.45) is 5.07. The summed E-state index contributed by atoms with van der Waals surface area (Å²) in [5.74, 6) is 0.819. The van der Waals surface area contributed by atoms with Gasteiger partial charge in [0.15, 0.2) is 4.80 Å². The first-order valence-corrected chi connectivity index (χ1v) is 6.50. The van der Waals surface area contributed by atoms with Crippen LogP contribution in [0.25, 0.3) is 0 Å². The molecule has 1 aromatic heterocycles. The van der Waals surface area contributed by atoms with Crippen molar-refractivity contribution in [3.63, 3.8) is 0 Å². The van der Waals surface area contributed by atoms with E-state index in [0.717, 1.165) is 36.9 Å². The summed E-state index contributed by atoms with van der Waals surface area (Å²) in [5, 5.41) is 7.99. The van der Waals surface area contributed by atoms with E-state index < -0.39 is 0 Å². The predicted molar refractivity (Wildman–Crippen MR) is 58.9 cm³/mol. The highest BCUT2D eigenvalue weighted by atomic mass is 32.1. The zero-order valence-electron chi connectivity index (χ0n) is 8.79. The summed E-state index contributed by atoms with van der Waals surface area (Å²) in [5.41, 5.74) is 1.28. The van der Waals surface area contributed by atoms with E-state index in [1.54, 1.807) is 11.3 Å². The number of rotatable bonds is 2. The average molecular weight is 224 g/mol. The average Bonchev–Trinajstić information content (AvgIpc) is 2.48. The van der Waals surface area contributed by atoms with E-state index in [-0.39, 0.29) is 0 Å². The lowest BCUT2D eigenvalue weighted by atomic mass is 9.85. The molecule has 3 rings (SSSR count). The van der Waals surface area contributed by atoms with Gasteiger partial charge in [0.25, 0.3) is 0 Å². The van der Waals surface area contributed by atoms with Crippen LogP contribution in [0.5, 0.6) is 0 Å². The first kappa shape index (κ1) is 9.60. The van der Waals surface area contributed by atoms with Crippen LogP contribution in [0, 0.1) is 11.3 Å². The number of nitrogens with one attached hydrogen (secondary N) is 1. The minimum atomic E-state index is 0.720. The molecule has 0 aromatic carbocycles. The van der Waals surface area contributed by atoms with Gasteiger partial charge >= 0.3 is 0 Å². The minimum Gasteiger partial charge on any atom is -0.375 e. The molecule has 1 aliphatic carbocycles. The van der Waals surface area contributed by atoms with Gasteiger partial charge in [-0.05, 0) is 18.8 Å². The molecule has 15 heavy (non-hydrogen) atoms. The summed E-state index contributed by atoms with van der Waals surface area (Å²) in [6.45, 7) is 2.60. The Kier molecular flexibility index (Phi) is 2.41. The van der Waals surface area contributed by atoms with Gasteiger partial charge in [0.1, 0.15) is 0 Å². The zero-order chi connectivity index (χ0) is 10.3. The van der Waals surface area contributed by atoms with Crippen LogP contribution in [0.4, 0.5) is 0 Å². The van der Waals surface area contributed by atoms with Crippen LogP contribution < -0.4 is 4.80 Å². The van der Waals surface area contributed by atoms with Crippen LogP contribution in [0.15, 0.2) is 0 Å². The van der Waals surface area contributed by atoms with Crippen LogP contribution in [-0.4, -0.2) is 11.2 Å². The standard InChI is InChI=1S/C11H16N2OS/c12-11-13(6-8-2-1-3-8)9-7-14-5-4-10(9)15-11/h8,12H,1-7H2. The molecule has 1 N–H and O–H groups in total. The maximum absolute atomic E-state index is 7.99. The molecule has 0 radical (unpaired) electrons. The molecular weight excluding hydrogens is 208 g/mol. The summed E-state index contributed by atoms with van der Waals surface area (Å²) in [4.78, 5) is 2.10. The summed E-state index contributed by atoms with van der Waals surface area (Å²) < 4.78 is 7.67. The number of aromatic nitrogens is 1. The van der Waals surface area contributed by atoms with Gasteiger partial charge in [-0.15, -0.1) is 11.3 Å². The Labute approximate surface area is 93.2 Å². The van der Waals surface area contributed by atoms with Crippen molar-refractivity contribution in [1.29, 1.82) is 5.41 Å². The Balaban J connectivity index is 1.91. The molecule has 0 saturated heterocycles. The summed E-state index contributed by atoms with van der Waals surface area (Å²) in [7, 11) is 0. The van der Waals surface area contributed by atoms with Gasteiger partial charge in [-0.3, -0.25) is 5.41 Å². The molecule has 2 aliphatic rings. The van der Waals surface area contributed by atoms with Crippen LogP contribution in [0.3, 0.4) is 0 Å². The number of hydrogen-bond donors (Lipinski definition) is 1. The van der Waals surface area contributed by atoms with Crippen molar-refractivity contribution in [3.8, 4) is 0 Å². The lowest BCUT2D eigenvalue weighted by Gasteiger charge is -2.27. The third-order valence-corrected chi connectivity index (χ3v) is 4.59. The lowest BCUT2D eigenvalue weighted by molar-refractivity contribution is 0.103. The van der Waals surface area contributed by atoms with Crippen molar-refractivity contribution in [2.45, 2.75) is 38.8 Å². The van der Waals surface area contributed by atoms with Crippen LogP contribution in [0.1, 0.15) is 29.8 Å². The fraction of sp³-hybridized carbons (Fsp3) is 0.727. The quantitative estimate of drug-likeness (QED) is 0.818. The van der Waals surface area contributed by atoms with Gasteiger partial charge in [-0.25, -0.2) is 0 Å². The van der Waals surface area contributed by atoms with Crippen molar-refractivity contribution in [2.75, 3.05) is 6.61 Å². The molecule has 0 bridgehead atoms. The molecular formula is C11H16N2OS. The van der Waals surface area contributed by atoms with Crippen molar-refractivity contribution in [1.82, 2.24) is 4.57 Å². The Morgan fingerprint density at radius 2 is 2.33 bits per heavy atom. The molecule has 1 aliphatic heterocycles. The maximum Gasteiger partial charge on any atom is 0.182 e. The van der Waals surface area contributed by atoms with Crippen molar-refractivity contribution >= 4 is 11.3 Å². The van der Waals surface area contributed by atoms with Crippen LogP contribution >= 0.6 is 11.3 Å². The Hall–Kier alpha value is -0.610. The van der Waals surface area contributed by atoms with E-state index in [0.29, 0.717) is 0 Å². The number of hydrogen-bond acceptors (Lipinski definition) is 3. The van der Waals surface area contributed by atoms with E-state index in [1.807, 2.05) is 0 Å². The van der Waals surface area contributed by atoms with Crippen molar-refractivity contribution in [3.05, 3.63) is 15.4 Å².